The summed E-state index contributed by atoms with van der Waals surface area (Å²) in [6, 6.07) is 0. The van der Waals surface area contributed by atoms with E-state index in [-0.39, 0.29) is 0 Å². The molecular weight excluding hydrogens is 228 g/mol. The molecule has 1 aromatic heterocycles. The first-order chi connectivity index (χ1) is 8.02. The van der Waals surface area contributed by atoms with Gasteiger partial charge in [-0.15, -0.1) is 11.3 Å². The molecule has 2 aliphatic rings. The van der Waals surface area contributed by atoms with E-state index >= 15 is 0 Å². The Morgan fingerprint density at radius 2 is 2.12 bits per heavy atom. The molecule has 92 valence electrons. The Bertz CT molecular complexity index is 495. The molecule has 3 rings (SSSR count). The van der Waals surface area contributed by atoms with E-state index in [4.69, 9.17) is 0 Å². The van der Waals surface area contributed by atoms with E-state index in [0.717, 1.165) is 29.6 Å². The van der Waals surface area contributed by atoms with Crippen molar-refractivity contribution in [3.63, 3.8) is 0 Å². The van der Waals surface area contributed by atoms with Gasteiger partial charge in [-0.05, 0) is 41.2 Å². The molecule has 1 aromatic rings. The second kappa shape index (κ2) is 3.44. The van der Waals surface area contributed by atoms with E-state index < -0.39 is 0 Å². The van der Waals surface area contributed by atoms with Crippen molar-refractivity contribution in [1.82, 2.24) is 0 Å². The number of thiophene rings is 1. The Morgan fingerprint density at radius 1 is 1.41 bits per heavy atom. The van der Waals surface area contributed by atoms with Crippen LogP contribution in [0.2, 0.25) is 0 Å². The lowest BCUT2D eigenvalue weighted by Gasteiger charge is -2.09. The molecule has 2 atom stereocenters. The Morgan fingerprint density at radius 3 is 2.71 bits per heavy atom. The summed E-state index contributed by atoms with van der Waals surface area (Å²) in [7, 11) is 0. The molecule has 0 saturated heterocycles. The van der Waals surface area contributed by atoms with Crippen LogP contribution in [0.15, 0.2) is 0 Å². The molecule has 1 heterocycles. The van der Waals surface area contributed by atoms with Crippen LogP contribution < -0.4 is 0 Å². The zero-order chi connectivity index (χ0) is 12.4. The summed E-state index contributed by atoms with van der Waals surface area (Å²) in [5, 5.41) is 0. The maximum atomic E-state index is 12.0. The molecule has 0 bridgehead atoms. The van der Waals surface area contributed by atoms with Crippen LogP contribution in [0.1, 0.15) is 65.7 Å². The molecule has 0 aromatic carbocycles. The number of Topliss-reactive ketones (excluding diaryl/α,β-unsaturated/α-hetero) is 1. The highest BCUT2D eigenvalue weighted by Crippen LogP contribution is 2.71. The zero-order valence-corrected chi connectivity index (χ0v) is 11.9. The quantitative estimate of drug-likeness (QED) is 0.733. The first kappa shape index (κ1) is 11.5. The minimum absolute atomic E-state index is 0.352. The fourth-order valence-corrected chi connectivity index (χ4v) is 4.99. The van der Waals surface area contributed by atoms with Gasteiger partial charge in [-0.25, -0.2) is 0 Å². The molecule has 1 saturated carbocycles. The second-order valence-corrected chi connectivity index (χ2v) is 7.09. The van der Waals surface area contributed by atoms with Gasteiger partial charge < -0.3 is 0 Å². The Hall–Kier alpha value is -0.630. The summed E-state index contributed by atoms with van der Waals surface area (Å²) in [6.45, 7) is 8.95. The smallest absolute Gasteiger partial charge is 0.172 e. The van der Waals surface area contributed by atoms with Gasteiger partial charge in [0.15, 0.2) is 5.78 Å². The third-order valence-corrected chi connectivity index (χ3v) is 6.24. The molecule has 0 N–H and O–H groups in total. The van der Waals surface area contributed by atoms with Crippen LogP contribution in [0.3, 0.4) is 0 Å². The van der Waals surface area contributed by atoms with Crippen LogP contribution in [0, 0.1) is 11.3 Å². The highest BCUT2D eigenvalue weighted by atomic mass is 32.1. The largest absolute Gasteiger partial charge is 0.293 e. The van der Waals surface area contributed by atoms with Gasteiger partial charge in [-0.1, -0.05) is 27.7 Å². The minimum Gasteiger partial charge on any atom is -0.293 e. The molecule has 2 aliphatic carbocycles. The normalized spacial score (nSPS) is 27.8. The van der Waals surface area contributed by atoms with Crippen LogP contribution in [0.4, 0.5) is 0 Å². The van der Waals surface area contributed by atoms with Crippen LogP contribution >= 0.6 is 11.3 Å². The number of rotatable bonds is 3. The maximum Gasteiger partial charge on any atom is 0.172 e. The summed E-state index contributed by atoms with van der Waals surface area (Å²) in [5.41, 5.74) is 3.49. The van der Waals surface area contributed by atoms with Crippen molar-refractivity contribution in [2.75, 3.05) is 0 Å². The predicted octanol–water partition coefficient (Wildman–Crippen LogP) is 4.20. The summed E-state index contributed by atoms with van der Waals surface area (Å²) in [4.78, 5) is 14.6. The van der Waals surface area contributed by atoms with Crippen molar-refractivity contribution >= 4 is 17.1 Å². The topological polar surface area (TPSA) is 17.1 Å². The number of carbonyl (C=O) groups is 1. The first-order valence-electron chi connectivity index (χ1n) is 6.69. The Kier molecular flexibility index (Phi) is 2.32. The second-order valence-electron chi connectivity index (χ2n) is 5.99. The molecular formula is C15H20OS. The summed E-state index contributed by atoms with van der Waals surface area (Å²) >= 11 is 1.78. The van der Waals surface area contributed by atoms with Gasteiger partial charge in [0.1, 0.15) is 0 Å². The number of fused-ring (bicyclic) bond motifs is 3. The van der Waals surface area contributed by atoms with Crippen LogP contribution in [0.25, 0.3) is 0 Å². The number of aryl methyl sites for hydroxylation is 1. The van der Waals surface area contributed by atoms with Gasteiger partial charge in [-0.3, -0.25) is 4.79 Å². The standard InChI is InChI=1S/C15H20OS/c1-5-10(16)14-8-7-9-13(15(9,3)4)12(8)11(6-2)17-14/h9,13H,5-7H2,1-4H3/t9-,13-/m0/s1. The number of hydrogen-bond donors (Lipinski definition) is 0. The third-order valence-electron chi connectivity index (χ3n) is 4.81. The van der Waals surface area contributed by atoms with E-state index in [1.54, 1.807) is 16.9 Å². The first-order valence-corrected chi connectivity index (χ1v) is 7.51. The van der Waals surface area contributed by atoms with Gasteiger partial charge in [0.25, 0.3) is 0 Å². The predicted molar refractivity (Wildman–Crippen MR) is 72.0 cm³/mol. The molecule has 0 unspecified atom stereocenters. The summed E-state index contributed by atoms with van der Waals surface area (Å²) < 4.78 is 0. The molecule has 0 spiro atoms. The molecule has 0 aliphatic heterocycles. The highest BCUT2D eigenvalue weighted by Gasteiger charge is 2.63. The van der Waals surface area contributed by atoms with Crippen LogP contribution in [0.5, 0.6) is 0 Å². The fourth-order valence-electron chi connectivity index (χ4n) is 3.66. The van der Waals surface area contributed by atoms with Crippen LogP contribution in [-0.2, 0) is 12.8 Å². The average molecular weight is 248 g/mol. The summed E-state index contributed by atoms with van der Waals surface area (Å²) in [5.74, 6) is 1.92. The van der Waals surface area contributed by atoms with Gasteiger partial charge in [-0.2, -0.15) is 0 Å². The number of ketones is 1. The third kappa shape index (κ3) is 1.33. The lowest BCUT2D eigenvalue weighted by molar-refractivity contribution is 0.0991. The Labute approximate surface area is 107 Å². The highest BCUT2D eigenvalue weighted by molar-refractivity contribution is 7.14. The molecule has 17 heavy (non-hydrogen) atoms. The SMILES string of the molecule is CCC(=O)c1sc(CC)c2c1C[C@H]1[C@@H]2C1(C)C. The van der Waals surface area contributed by atoms with Gasteiger partial charge in [0.2, 0.25) is 0 Å². The van der Waals surface area contributed by atoms with E-state index in [0.29, 0.717) is 17.6 Å². The lowest BCUT2D eigenvalue weighted by atomic mass is 9.94. The monoisotopic (exact) mass is 248 g/mol. The summed E-state index contributed by atoms with van der Waals surface area (Å²) in [6.07, 6.45) is 2.89. The average Bonchev–Trinajstić information content (AvgIpc) is 2.71. The molecule has 1 fully saturated rings. The molecule has 0 amide bonds. The van der Waals surface area contributed by atoms with Gasteiger partial charge in [0, 0.05) is 11.3 Å². The number of hydrogen-bond acceptors (Lipinski definition) is 2. The lowest BCUT2D eigenvalue weighted by Crippen LogP contribution is -2.03. The van der Waals surface area contributed by atoms with Crippen molar-refractivity contribution in [3.05, 3.63) is 20.9 Å². The van der Waals surface area contributed by atoms with E-state index in [9.17, 15) is 4.79 Å². The maximum absolute atomic E-state index is 12.0. The zero-order valence-electron chi connectivity index (χ0n) is 11.1. The van der Waals surface area contributed by atoms with E-state index in [2.05, 4.69) is 20.8 Å². The number of carbonyl (C=O) groups excluding carboxylic acids is 1. The van der Waals surface area contributed by atoms with Crippen molar-refractivity contribution in [2.24, 2.45) is 11.3 Å². The van der Waals surface area contributed by atoms with Gasteiger partial charge >= 0.3 is 0 Å². The van der Waals surface area contributed by atoms with Crippen molar-refractivity contribution in [2.45, 2.75) is 52.9 Å². The van der Waals surface area contributed by atoms with Crippen molar-refractivity contribution in [3.8, 4) is 0 Å². The Balaban J connectivity index is 2.09. The van der Waals surface area contributed by atoms with Crippen molar-refractivity contribution < 1.29 is 4.79 Å². The molecule has 0 radical (unpaired) electrons. The van der Waals surface area contributed by atoms with Crippen molar-refractivity contribution in [1.29, 1.82) is 0 Å². The van der Waals surface area contributed by atoms with E-state index in [1.807, 2.05) is 6.92 Å². The van der Waals surface area contributed by atoms with Crippen LogP contribution in [-0.4, -0.2) is 5.78 Å². The van der Waals surface area contributed by atoms with E-state index in [1.165, 1.54) is 10.4 Å². The molecule has 1 nitrogen and oxygen atoms in total. The fraction of sp³-hybridized carbons (Fsp3) is 0.667. The van der Waals surface area contributed by atoms with Gasteiger partial charge in [0.05, 0.1) is 4.88 Å². The molecule has 2 heteroatoms. The minimum atomic E-state index is 0.352.